The number of hydrogen-bond donors (Lipinski definition) is 1. The molecule has 2 aliphatic heterocycles. The summed E-state index contributed by atoms with van der Waals surface area (Å²) >= 11 is 1.22. The third-order valence-corrected chi connectivity index (χ3v) is 9.35. The molecule has 1 N–H and O–H groups in total. The molecule has 1 fully saturated rings. The van der Waals surface area contributed by atoms with Gasteiger partial charge >= 0.3 is 0 Å². The molecule has 2 aromatic heterocycles. The number of hydrogen-bond acceptors (Lipinski definition) is 5. The van der Waals surface area contributed by atoms with Gasteiger partial charge in [-0.25, -0.2) is 8.42 Å². The molecule has 0 spiro atoms. The maximum Gasteiger partial charge on any atom is 0.274 e. The monoisotopic (exact) mass is 469 g/mol. The van der Waals surface area contributed by atoms with Gasteiger partial charge in [0.25, 0.3) is 15.6 Å². The van der Waals surface area contributed by atoms with Gasteiger partial charge in [0.2, 0.25) is 5.91 Å². The number of amides is 1. The van der Waals surface area contributed by atoms with E-state index in [1.807, 2.05) is 36.4 Å². The molecule has 9 heteroatoms. The summed E-state index contributed by atoms with van der Waals surface area (Å²) in [7, 11) is -3.52. The number of pyridine rings is 1. The number of sulfonamides is 1. The highest BCUT2D eigenvalue weighted by molar-refractivity contribution is 7.91. The molecule has 2 atom stereocenters. The molecular formula is C23H23N3O4S2. The van der Waals surface area contributed by atoms with Crippen LogP contribution in [0.1, 0.15) is 23.6 Å². The van der Waals surface area contributed by atoms with Gasteiger partial charge in [-0.05, 0) is 41.5 Å². The van der Waals surface area contributed by atoms with E-state index in [1.54, 1.807) is 32.5 Å². The number of piperidine rings is 1. The Morgan fingerprint density at radius 3 is 2.59 bits per heavy atom. The lowest BCUT2D eigenvalue weighted by Crippen LogP contribution is -2.49. The minimum Gasteiger partial charge on any atom is -0.321 e. The quantitative estimate of drug-likeness (QED) is 0.622. The Morgan fingerprint density at radius 2 is 1.84 bits per heavy atom. The van der Waals surface area contributed by atoms with Gasteiger partial charge < -0.3 is 9.88 Å². The highest BCUT2D eigenvalue weighted by Gasteiger charge is 2.40. The lowest BCUT2D eigenvalue weighted by molar-refractivity contribution is -0.115. The second kappa shape index (κ2) is 8.31. The van der Waals surface area contributed by atoms with Crippen molar-refractivity contribution in [2.75, 3.05) is 18.4 Å². The number of nitrogens with one attached hydrogen (secondary N) is 1. The fraction of sp³-hybridized carbons (Fsp3) is 0.304. The maximum absolute atomic E-state index is 13.1. The molecule has 7 nitrogen and oxygen atoms in total. The number of fused-ring (bicyclic) bond motifs is 4. The molecule has 4 heterocycles. The van der Waals surface area contributed by atoms with Crippen LogP contribution in [-0.2, 0) is 27.8 Å². The fourth-order valence-corrected chi connectivity index (χ4v) is 7.41. The van der Waals surface area contributed by atoms with Gasteiger partial charge in [-0.1, -0.05) is 36.4 Å². The van der Waals surface area contributed by atoms with Crippen molar-refractivity contribution in [3.05, 3.63) is 81.6 Å². The van der Waals surface area contributed by atoms with Crippen molar-refractivity contribution in [3.8, 4) is 0 Å². The zero-order chi connectivity index (χ0) is 22.3. The first-order valence-electron chi connectivity index (χ1n) is 10.5. The summed E-state index contributed by atoms with van der Waals surface area (Å²) in [5.74, 6) is -0.221. The van der Waals surface area contributed by atoms with Crippen molar-refractivity contribution >= 4 is 33.0 Å². The Kier molecular flexibility index (Phi) is 5.48. The average Bonchev–Trinajstić information content (AvgIpc) is 3.32. The van der Waals surface area contributed by atoms with Crippen molar-refractivity contribution in [3.63, 3.8) is 0 Å². The average molecular weight is 470 g/mol. The predicted molar refractivity (Wildman–Crippen MR) is 123 cm³/mol. The van der Waals surface area contributed by atoms with Crippen LogP contribution in [0, 0.1) is 5.92 Å². The first-order valence-corrected chi connectivity index (χ1v) is 12.8. The number of nitrogens with zero attached hydrogens (tertiary/aromatic N) is 2. The van der Waals surface area contributed by atoms with Crippen LogP contribution < -0.4 is 10.9 Å². The molecule has 2 aliphatic rings. The maximum atomic E-state index is 13.1. The molecule has 32 heavy (non-hydrogen) atoms. The molecule has 3 aromatic rings. The normalized spacial score (nSPS) is 20.5. The zero-order valence-electron chi connectivity index (χ0n) is 17.3. The molecule has 2 unspecified atom stereocenters. The molecule has 1 saturated heterocycles. The first kappa shape index (κ1) is 21.1. The summed E-state index contributed by atoms with van der Waals surface area (Å²) < 4.78 is 29.6. The summed E-state index contributed by atoms with van der Waals surface area (Å²) in [6.07, 6.45) is 1.05. The summed E-state index contributed by atoms with van der Waals surface area (Å²) in [6.45, 7) is 1.20. The number of rotatable bonds is 5. The Hall–Kier alpha value is -2.75. The van der Waals surface area contributed by atoms with E-state index in [4.69, 9.17) is 0 Å². The number of aromatic nitrogens is 1. The van der Waals surface area contributed by atoms with Gasteiger partial charge in [-0.15, -0.1) is 11.3 Å². The van der Waals surface area contributed by atoms with Crippen molar-refractivity contribution < 1.29 is 13.2 Å². The van der Waals surface area contributed by atoms with Crippen molar-refractivity contribution in [1.29, 1.82) is 0 Å². The van der Waals surface area contributed by atoms with Gasteiger partial charge in [0.05, 0.1) is 6.42 Å². The molecule has 166 valence electrons. The van der Waals surface area contributed by atoms with E-state index in [-0.39, 0.29) is 35.4 Å². The lowest BCUT2D eigenvalue weighted by Gasteiger charge is -2.42. The second-order valence-corrected chi connectivity index (χ2v) is 11.5. The number of carbonyl (C=O) groups excluding carboxylic acids is 1. The first-order chi connectivity index (χ1) is 15.4. The Labute approximate surface area is 190 Å². The van der Waals surface area contributed by atoms with Gasteiger partial charge in [0, 0.05) is 31.2 Å². The standard InChI is InChI=1S/C23H23N3O4S2/c27-21(12-16-5-2-1-3-6-16)24-19-8-9-20-18-11-17(14-26(20)23(19)28)13-25(15-18)32(29,30)22-7-4-10-31-22/h1-10,17-18H,11-15H2,(H,24,27). The van der Waals surface area contributed by atoms with E-state index in [0.717, 1.165) is 17.7 Å². The minimum atomic E-state index is -3.52. The van der Waals surface area contributed by atoms with Crippen molar-refractivity contribution in [2.24, 2.45) is 5.92 Å². The Morgan fingerprint density at radius 1 is 1.03 bits per heavy atom. The van der Waals surface area contributed by atoms with E-state index in [2.05, 4.69) is 5.32 Å². The van der Waals surface area contributed by atoms with Crippen LogP contribution >= 0.6 is 11.3 Å². The fourth-order valence-electron chi connectivity index (χ4n) is 4.71. The molecule has 0 saturated carbocycles. The summed E-state index contributed by atoms with van der Waals surface area (Å²) in [6, 6.07) is 16.2. The molecule has 2 bridgehead atoms. The Bertz CT molecular complexity index is 1300. The molecular weight excluding hydrogens is 446 g/mol. The van der Waals surface area contributed by atoms with E-state index < -0.39 is 10.0 Å². The van der Waals surface area contributed by atoms with Gasteiger partial charge in [-0.3, -0.25) is 9.59 Å². The van der Waals surface area contributed by atoms with E-state index >= 15 is 0 Å². The minimum absolute atomic E-state index is 0.0426. The van der Waals surface area contributed by atoms with E-state index in [1.165, 1.54) is 11.3 Å². The van der Waals surface area contributed by atoms with Crippen LogP contribution in [0.25, 0.3) is 0 Å². The third kappa shape index (κ3) is 3.92. The lowest BCUT2D eigenvalue weighted by atomic mass is 9.84. The summed E-state index contributed by atoms with van der Waals surface area (Å²) in [5, 5.41) is 4.51. The highest BCUT2D eigenvalue weighted by Crippen LogP contribution is 2.38. The van der Waals surface area contributed by atoms with Crippen LogP contribution in [0.15, 0.2) is 69.0 Å². The third-order valence-electron chi connectivity index (χ3n) is 6.14. The van der Waals surface area contributed by atoms with Crippen LogP contribution in [0.5, 0.6) is 0 Å². The Balaban J connectivity index is 1.37. The smallest absolute Gasteiger partial charge is 0.274 e. The molecule has 0 aliphatic carbocycles. The number of anilines is 1. The molecule has 0 radical (unpaired) electrons. The number of thiophene rings is 1. The van der Waals surface area contributed by atoms with Gasteiger partial charge in [0.1, 0.15) is 9.90 Å². The van der Waals surface area contributed by atoms with Crippen LogP contribution in [-0.4, -0.2) is 36.3 Å². The molecule has 1 aromatic carbocycles. The number of benzene rings is 1. The number of carbonyl (C=O) groups is 1. The largest absolute Gasteiger partial charge is 0.321 e. The molecule has 1 amide bonds. The summed E-state index contributed by atoms with van der Waals surface area (Å²) in [5.41, 5.74) is 1.74. The van der Waals surface area contributed by atoms with Crippen LogP contribution in [0.4, 0.5) is 5.69 Å². The van der Waals surface area contributed by atoms with Crippen LogP contribution in [0.2, 0.25) is 0 Å². The van der Waals surface area contributed by atoms with Crippen LogP contribution in [0.3, 0.4) is 0 Å². The second-order valence-electron chi connectivity index (χ2n) is 8.35. The summed E-state index contributed by atoms with van der Waals surface area (Å²) in [4.78, 5) is 25.5. The van der Waals surface area contributed by atoms with E-state index in [0.29, 0.717) is 23.8 Å². The van der Waals surface area contributed by atoms with Crippen molar-refractivity contribution in [1.82, 2.24) is 8.87 Å². The van der Waals surface area contributed by atoms with Crippen molar-refractivity contribution in [2.45, 2.75) is 29.5 Å². The zero-order valence-corrected chi connectivity index (χ0v) is 18.9. The molecule has 5 rings (SSSR count). The van der Waals surface area contributed by atoms with E-state index in [9.17, 15) is 18.0 Å². The van der Waals surface area contributed by atoms with Gasteiger partial charge in [-0.2, -0.15) is 4.31 Å². The topological polar surface area (TPSA) is 88.5 Å². The predicted octanol–water partition coefficient (Wildman–Crippen LogP) is 2.90. The SMILES string of the molecule is O=C(Cc1ccccc1)Nc1ccc2n(c1=O)CC1CC2CN(S(=O)(=O)c2cccs2)C1. The van der Waals surface area contributed by atoms with Gasteiger partial charge in [0.15, 0.2) is 0 Å². The highest BCUT2D eigenvalue weighted by atomic mass is 32.2.